The number of likely N-dealkylation sites (N-methyl/N-ethyl adjacent to an activating group) is 1. The molecule has 1 aliphatic rings. The summed E-state index contributed by atoms with van der Waals surface area (Å²) in [4.78, 5) is 13.8. The summed E-state index contributed by atoms with van der Waals surface area (Å²) in [6, 6.07) is 0.740. The second-order valence-corrected chi connectivity index (χ2v) is 6.76. The summed E-state index contributed by atoms with van der Waals surface area (Å²) in [6.45, 7) is 9.30. The Hall–Kier alpha value is -0.850. The Morgan fingerprint density at radius 2 is 1.90 bits per heavy atom. The number of amides is 1. The van der Waals surface area contributed by atoms with Gasteiger partial charge in [0.25, 0.3) is 0 Å². The van der Waals surface area contributed by atoms with Crippen LogP contribution in [0.25, 0.3) is 0 Å². The smallest absolute Gasteiger partial charge is 0.407 e. The summed E-state index contributed by atoms with van der Waals surface area (Å²) >= 11 is 0. The van der Waals surface area contributed by atoms with Crippen LogP contribution in [0.15, 0.2) is 0 Å². The van der Waals surface area contributed by atoms with E-state index in [1.807, 2.05) is 20.8 Å². The lowest BCUT2D eigenvalue weighted by molar-refractivity contribution is 0.0465. The van der Waals surface area contributed by atoms with E-state index in [0.717, 1.165) is 39.1 Å². The molecule has 6 nitrogen and oxygen atoms in total. The minimum absolute atomic E-state index is 0.239. The molecule has 0 aromatic heterocycles. The van der Waals surface area contributed by atoms with E-state index in [-0.39, 0.29) is 12.1 Å². The summed E-state index contributed by atoms with van der Waals surface area (Å²) in [6.07, 6.45) is 1.63. The lowest BCUT2D eigenvalue weighted by atomic mass is 9.87. The molecule has 0 saturated heterocycles. The number of nitrogens with one attached hydrogen (secondary N) is 2. The van der Waals surface area contributed by atoms with Gasteiger partial charge in [0.05, 0.1) is 6.61 Å². The fraction of sp³-hybridized carbons (Fsp3) is 0.933. The molecule has 0 heterocycles. The molecule has 6 heteroatoms. The van der Waals surface area contributed by atoms with Crippen LogP contribution in [0.5, 0.6) is 0 Å². The first-order valence-electron chi connectivity index (χ1n) is 7.70. The first-order chi connectivity index (χ1) is 9.80. The number of carbonyl (C=O) groups is 1. The number of nitrogens with zero attached hydrogens (tertiary/aromatic N) is 1. The van der Waals surface area contributed by atoms with Crippen LogP contribution in [0.1, 0.15) is 33.6 Å². The number of rotatable bonds is 8. The summed E-state index contributed by atoms with van der Waals surface area (Å²) < 4.78 is 10.3. The van der Waals surface area contributed by atoms with Crippen molar-refractivity contribution in [2.75, 3.05) is 40.4 Å². The molecule has 2 N–H and O–H groups in total. The van der Waals surface area contributed by atoms with E-state index in [1.54, 1.807) is 7.11 Å². The van der Waals surface area contributed by atoms with Gasteiger partial charge in [-0.25, -0.2) is 4.79 Å². The molecule has 0 bridgehead atoms. The quantitative estimate of drug-likeness (QED) is 0.705. The average molecular weight is 301 g/mol. The fourth-order valence-electron chi connectivity index (χ4n) is 2.20. The average Bonchev–Trinajstić information content (AvgIpc) is 2.30. The first kappa shape index (κ1) is 18.2. The minimum atomic E-state index is -0.432. The van der Waals surface area contributed by atoms with Gasteiger partial charge in [-0.05, 0) is 40.7 Å². The fourth-order valence-corrected chi connectivity index (χ4v) is 2.20. The zero-order valence-corrected chi connectivity index (χ0v) is 14.1. The maximum atomic E-state index is 11.6. The number of alkyl carbamates (subject to hydrolysis) is 1. The predicted octanol–water partition coefficient (Wildman–Crippen LogP) is 1.21. The van der Waals surface area contributed by atoms with Crippen molar-refractivity contribution < 1.29 is 14.3 Å². The van der Waals surface area contributed by atoms with Gasteiger partial charge in [-0.15, -0.1) is 0 Å². The van der Waals surface area contributed by atoms with E-state index in [1.165, 1.54) is 0 Å². The van der Waals surface area contributed by atoms with Crippen LogP contribution in [0, 0.1) is 0 Å². The highest BCUT2D eigenvalue weighted by molar-refractivity contribution is 5.68. The molecule has 124 valence electrons. The monoisotopic (exact) mass is 301 g/mol. The number of hydrogen-bond acceptors (Lipinski definition) is 5. The van der Waals surface area contributed by atoms with Gasteiger partial charge in [0.15, 0.2) is 0 Å². The van der Waals surface area contributed by atoms with E-state index >= 15 is 0 Å². The second kappa shape index (κ2) is 8.56. The molecule has 0 aromatic rings. The topological polar surface area (TPSA) is 62.8 Å². The lowest BCUT2D eigenvalue weighted by Gasteiger charge is -2.37. The zero-order chi connectivity index (χ0) is 15.9. The standard InChI is InChI=1S/C15H31N3O3/c1-15(2,3)21-14(19)17-13-10-12(11-13)16-6-7-18(4)8-9-20-5/h12-13,16H,6-11H2,1-5H3,(H,17,19). The van der Waals surface area contributed by atoms with Crippen molar-refractivity contribution in [3.8, 4) is 0 Å². The van der Waals surface area contributed by atoms with Gasteiger partial charge in [0.1, 0.15) is 5.60 Å². The van der Waals surface area contributed by atoms with Crippen molar-refractivity contribution in [3.05, 3.63) is 0 Å². The highest BCUT2D eigenvalue weighted by Crippen LogP contribution is 2.20. The highest BCUT2D eigenvalue weighted by Gasteiger charge is 2.31. The zero-order valence-electron chi connectivity index (χ0n) is 14.1. The number of hydrogen-bond donors (Lipinski definition) is 2. The van der Waals surface area contributed by atoms with Gasteiger partial charge in [-0.1, -0.05) is 0 Å². The van der Waals surface area contributed by atoms with Gasteiger partial charge < -0.3 is 25.0 Å². The summed E-state index contributed by atoms with van der Waals surface area (Å²) in [5.41, 5.74) is -0.432. The van der Waals surface area contributed by atoms with Crippen LogP contribution in [0.3, 0.4) is 0 Å². The maximum Gasteiger partial charge on any atom is 0.407 e. The van der Waals surface area contributed by atoms with Crippen molar-refractivity contribution in [2.45, 2.75) is 51.3 Å². The Morgan fingerprint density at radius 3 is 2.48 bits per heavy atom. The van der Waals surface area contributed by atoms with Crippen molar-refractivity contribution in [1.29, 1.82) is 0 Å². The second-order valence-electron chi connectivity index (χ2n) is 6.76. The SMILES string of the molecule is COCCN(C)CCNC1CC(NC(=O)OC(C)(C)C)C1. The van der Waals surface area contributed by atoms with E-state index in [0.29, 0.717) is 6.04 Å². The van der Waals surface area contributed by atoms with Gasteiger partial charge in [-0.3, -0.25) is 0 Å². The van der Waals surface area contributed by atoms with Crippen LogP contribution in [0.2, 0.25) is 0 Å². The predicted molar refractivity (Wildman–Crippen MR) is 83.6 cm³/mol. The molecule has 1 fully saturated rings. The molecular weight excluding hydrogens is 270 g/mol. The molecule has 1 saturated carbocycles. The Kier molecular flexibility index (Phi) is 7.42. The van der Waals surface area contributed by atoms with Crippen molar-refractivity contribution in [1.82, 2.24) is 15.5 Å². The molecule has 1 amide bonds. The van der Waals surface area contributed by atoms with E-state index in [2.05, 4.69) is 22.6 Å². The summed E-state index contributed by atoms with van der Waals surface area (Å²) in [5, 5.41) is 6.41. The van der Waals surface area contributed by atoms with Crippen LogP contribution in [-0.2, 0) is 9.47 Å². The number of carbonyl (C=O) groups excluding carboxylic acids is 1. The van der Waals surface area contributed by atoms with E-state index < -0.39 is 5.60 Å². The molecule has 0 unspecified atom stereocenters. The first-order valence-corrected chi connectivity index (χ1v) is 7.70. The van der Waals surface area contributed by atoms with Crippen molar-refractivity contribution >= 4 is 6.09 Å². The Bertz CT molecular complexity index is 312. The third kappa shape index (κ3) is 8.24. The van der Waals surface area contributed by atoms with Crippen molar-refractivity contribution in [2.24, 2.45) is 0 Å². The van der Waals surface area contributed by atoms with Gasteiger partial charge >= 0.3 is 6.09 Å². The molecule has 0 aromatic carbocycles. The van der Waals surface area contributed by atoms with Gasteiger partial charge in [-0.2, -0.15) is 0 Å². The Labute approximate surface area is 128 Å². The molecule has 21 heavy (non-hydrogen) atoms. The van der Waals surface area contributed by atoms with E-state index in [4.69, 9.17) is 9.47 Å². The van der Waals surface area contributed by atoms with Gasteiger partial charge in [0, 0.05) is 38.8 Å². The number of methoxy groups -OCH3 is 1. The van der Waals surface area contributed by atoms with Crippen LogP contribution in [0.4, 0.5) is 4.79 Å². The largest absolute Gasteiger partial charge is 0.444 e. The Morgan fingerprint density at radius 1 is 1.24 bits per heavy atom. The highest BCUT2D eigenvalue weighted by atomic mass is 16.6. The van der Waals surface area contributed by atoms with Crippen LogP contribution < -0.4 is 10.6 Å². The van der Waals surface area contributed by atoms with Crippen LogP contribution in [-0.4, -0.2) is 69.1 Å². The summed E-state index contributed by atoms with van der Waals surface area (Å²) in [5.74, 6) is 0. The molecule has 1 aliphatic carbocycles. The molecule has 0 atom stereocenters. The molecule has 1 rings (SSSR count). The van der Waals surface area contributed by atoms with E-state index in [9.17, 15) is 4.79 Å². The molecule has 0 radical (unpaired) electrons. The molecular formula is C15H31N3O3. The lowest BCUT2D eigenvalue weighted by Crippen LogP contribution is -2.54. The normalized spacial score (nSPS) is 22.0. The molecule has 0 spiro atoms. The molecule has 0 aliphatic heterocycles. The minimum Gasteiger partial charge on any atom is -0.444 e. The summed E-state index contributed by atoms with van der Waals surface area (Å²) in [7, 11) is 3.81. The number of ether oxygens (including phenoxy) is 2. The van der Waals surface area contributed by atoms with Gasteiger partial charge in [0.2, 0.25) is 0 Å². The third-order valence-electron chi connectivity index (χ3n) is 3.46. The van der Waals surface area contributed by atoms with Crippen LogP contribution >= 0.6 is 0 Å². The Balaban J connectivity index is 2.02. The maximum absolute atomic E-state index is 11.6. The third-order valence-corrected chi connectivity index (χ3v) is 3.46. The van der Waals surface area contributed by atoms with Crippen molar-refractivity contribution in [3.63, 3.8) is 0 Å².